The van der Waals surface area contributed by atoms with Crippen molar-refractivity contribution in [1.82, 2.24) is 10.2 Å². The van der Waals surface area contributed by atoms with E-state index in [1.165, 1.54) is 4.90 Å². The van der Waals surface area contributed by atoms with Crippen molar-refractivity contribution in [3.63, 3.8) is 0 Å². The van der Waals surface area contributed by atoms with Crippen LogP contribution in [-0.4, -0.2) is 50.5 Å². The van der Waals surface area contributed by atoms with E-state index in [2.05, 4.69) is 5.32 Å². The van der Waals surface area contributed by atoms with Crippen LogP contribution >= 0.6 is 23.2 Å². The fourth-order valence-corrected chi connectivity index (χ4v) is 4.74. The van der Waals surface area contributed by atoms with Crippen LogP contribution in [0.4, 0.5) is 5.69 Å². The van der Waals surface area contributed by atoms with E-state index in [0.29, 0.717) is 34.3 Å². The number of hydrogen-bond acceptors (Lipinski definition) is 4. The highest BCUT2D eigenvalue weighted by molar-refractivity contribution is 7.92. The van der Waals surface area contributed by atoms with Crippen molar-refractivity contribution < 1.29 is 18.0 Å². The molecule has 7 nitrogen and oxygen atoms in total. The summed E-state index contributed by atoms with van der Waals surface area (Å²) in [4.78, 5) is 28.1. The predicted molar refractivity (Wildman–Crippen MR) is 142 cm³/mol. The van der Waals surface area contributed by atoms with Gasteiger partial charge in [-0.15, -0.1) is 0 Å². The lowest BCUT2D eigenvalue weighted by Crippen LogP contribution is -2.52. The molecule has 0 heterocycles. The van der Waals surface area contributed by atoms with Gasteiger partial charge in [0, 0.05) is 13.1 Å². The second kappa shape index (κ2) is 12.6. The quantitative estimate of drug-likeness (QED) is 0.448. The zero-order valence-electron chi connectivity index (χ0n) is 20.7. The van der Waals surface area contributed by atoms with Gasteiger partial charge < -0.3 is 10.2 Å². The Kier molecular flexibility index (Phi) is 10.4. The van der Waals surface area contributed by atoms with Crippen LogP contribution in [0.15, 0.2) is 42.5 Å². The number of nitrogens with zero attached hydrogens (tertiary/aromatic N) is 2. The summed E-state index contributed by atoms with van der Waals surface area (Å²) in [5.41, 5.74) is 1.91. The zero-order valence-corrected chi connectivity index (χ0v) is 23.0. The molecule has 192 valence electrons. The molecule has 0 aliphatic rings. The van der Waals surface area contributed by atoms with E-state index < -0.39 is 28.5 Å². The minimum Gasteiger partial charge on any atom is -0.354 e. The third-order valence-corrected chi connectivity index (χ3v) is 7.26. The molecule has 2 amide bonds. The number of anilines is 1. The number of benzene rings is 2. The average molecular weight is 543 g/mol. The highest BCUT2D eigenvalue weighted by atomic mass is 35.5. The lowest BCUT2D eigenvalue weighted by atomic mass is 10.1. The Hall–Kier alpha value is -2.29. The second-order valence-electron chi connectivity index (χ2n) is 8.94. The SMILES string of the molecule is CC[C@@H](C(=O)NCC(C)C)N(Cc1ccc(Cl)c(Cl)c1)C(=O)CN(c1cccc(C)c1)S(C)(=O)=O. The highest BCUT2D eigenvalue weighted by Gasteiger charge is 2.31. The lowest BCUT2D eigenvalue weighted by molar-refractivity contribution is -0.140. The van der Waals surface area contributed by atoms with Crippen molar-refractivity contribution in [2.45, 2.75) is 46.7 Å². The number of halogens is 2. The Morgan fingerprint density at radius 1 is 1.06 bits per heavy atom. The zero-order chi connectivity index (χ0) is 26.3. The smallest absolute Gasteiger partial charge is 0.244 e. The number of amides is 2. The van der Waals surface area contributed by atoms with E-state index in [9.17, 15) is 18.0 Å². The first kappa shape index (κ1) is 28.9. The normalized spacial score (nSPS) is 12.3. The van der Waals surface area contributed by atoms with Crippen molar-refractivity contribution in [3.05, 3.63) is 63.6 Å². The van der Waals surface area contributed by atoms with Gasteiger partial charge in [-0.1, -0.05) is 62.2 Å². The van der Waals surface area contributed by atoms with Crippen molar-refractivity contribution in [3.8, 4) is 0 Å². The summed E-state index contributed by atoms with van der Waals surface area (Å²) in [6, 6.07) is 11.1. The Bertz CT molecular complexity index is 1160. The number of carbonyl (C=O) groups is 2. The Labute approximate surface area is 218 Å². The summed E-state index contributed by atoms with van der Waals surface area (Å²) in [5.74, 6) is -0.566. The molecule has 10 heteroatoms. The number of hydrogen-bond donors (Lipinski definition) is 1. The molecule has 2 aromatic rings. The molecule has 0 saturated heterocycles. The van der Waals surface area contributed by atoms with Gasteiger partial charge in [0.2, 0.25) is 21.8 Å². The van der Waals surface area contributed by atoms with Gasteiger partial charge in [0.05, 0.1) is 22.0 Å². The van der Waals surface area contributed by atoms with Crippen molar-refractivity contribution in [1.29, 1.82) is 0 Å². The highest BCUT2D eigenvalue weighted by Crippen LogP contribution is 2.25. The third kappa shape index (κ3) is 8.40. The lowest BCUT2D eigenvalue weighted by Gasteiger charge is -2.33. The molecule has 35 heavy (non-hydrogen) atoms. The van der Waals surface area contributed by atoms with Crippen molar-refractivity contribution in [2.24, 2.45) is 5.92 Å². The largest absolute Gasteiger partial charge is 0.354 e. The number of aryl methyl sites for hydroxylation is 1. The van der Waals surface area contributed by atoms with Gasteiger partial charge in [0.15, 0.2) is 0 Å². The van der Waals surface area contributed by atoms with Crippen molar-refractivity contribution >= 4 is 50.7 Å². The molecule has 1 atom stereocenters. The van der Waals surface area contributed by atoms with Crippen LogP contribution in [0, 0.1) is 12.8 Å². The fraction of sp³-hybridized carbons (Fsp3) is 0.440. The summed E-state index contributed by atoms with van der Waals surface area (Å²) < 4.78 is 26.3. The van der Waals surface area contributed by atoms with E-state index >= 15 is 0 Å². The molecule has 0 saturated carbocycles. The first-order valence-corrected chi connectivity index (χ1v) is 14.0. The van der Waals surface area contributed by atoms with Crippen LogP contribution in [0.25, 0.3) is 0 Å². The van der Waals surface area contributed by atoms with Gasteiger partial charge in [-0.25, -0.2) is 8.42 Å². The maximum absolute atomic E-state index is 13.6. The van der Waals surface area contributed by atoms with Gasteiger partial charge in [-0.2, -0.15) is 0 Å². The molecule has 0 aliphatic carbocycles. The monoisotopic (exact) mass is 541 g/mol. The second-order valence-corrected chi connectivity index (χ2v) is 11.7. The van der Waals surface area contributed by atoms with Crippen LogP contribution in [0.3, 0.4) is 0 Å². The Balaban J connectivity index is 2.44. The molecule has 0 radical (unpaired) electrons. The molecule has 0 fully saturated rings. The van der Waals surface area contributed by atoms with Crippen LogP contribution < -0.4 is 9.62 Å². The number of sulfonamides is 1. The molecular weight excluding hydrogens is 509 g/mol. The van der Waals surface area contributed by atoms with Crippen LogP contribution in [0.5, 0.6) is 0 Å². The molecule has 0 bridgehead atoms. The maximum atomic E-state index is 13.6. The fourth-order valence-electron chi connectivity index (χ4n) is 3.57. The molecule has 0 unspecified atom stereocenters. The summed E-state index contributed by atoms with van der Waals surface area (Å²) in [6.45, 7) is 7.69. The van der Waals surface area contributed by atoms with Crippen LogP contribution in [0.1, 0.15) is 38.3 Å². The summed E-state index contributed by atoms with van der Waals surface area (Å²) in [7, 11) is -3.78. The average Bonchev–Trinajstić information content (AvgIpc) is 2.77. The van der Waals surface area contributed by atoms with Gasteiger partial charge in [-0.3, -0.25) is 13.9 Å². The molecule has 1 N–H and O–H groups in total. The van der Waals surface area contributed by atoms with Gasteiger partial charge in [0.1, 0.15) is 12.6 Å². The van der Waals surface area contributed by atoms with Gasteiger partial charge in [-0.05, 0) is 54.7 Å². The molecule has 0 spiro atoms. The topological polar surface area (TPSA) is 86.8 Å². The van der Waals surface area contributed by atoms with Gasteiger partial charge in [0.25, 0.3) is 0 Å². The molecular formula is C25H33Cl2N3O4S. The van der Waals surface area contributed by atoms with E-state index in [4.69, 9.17) is 23.2 Å². The van der Waals surface area contributed by atoms with Gasteiger partial charge >= 0.3 is 0 Å². The van der Waals surface area contributed by atoms with E-state index in [1.54, 1.807) is 36.4 Å². The summed E-state index contributed by atoms with van der Waals surface area (Å²) in [5, 5.41) is 3.58. The molecule has 2 rings (SSSR count). The van der Waals surface area contributed by atoms with E-state index in [0.717, 1.165) is 16.1 Å². The van der Waals surface area contributed by atoms with E-state index in [1.807, 2.05) is 33.8 Å². The molecule has 0 aromatic heterocycles. The summed E-state index contributed by atoms with van der Waals surface area (Å²) >= 11 is 12.2. The number of carbonyl (C=O) groups excluding carboxylic acids is 2. The predicted octanol–water partition coefficient (Wildman–Crippen LogP) is 4.65. The molecule has 2 aromatic carbocycles. The first-order chi connectivity index (χ1) is 16.3. The maximum Gasteiger partial charge on any atom is 0.244 e. The number of nitrogens with one attached hydrogen (secondary N) is 1. The van der Waals surface area contributed by atoms with Crippen LogP contribution in [0.2, 0.25) is 10.0 Å². The minimum absolute atomic E-state index is 0.0642. The van der Waals surface area contributed by atoms with Crippen LogP contribution in [-0.2, 0) is 26.2 Å². The van der Waals surface area contributed by atoms with E-state index in [-0.39, 0.29) is 18.4 Å². The minimum atomic E-state index is -3.78. The number of rotatable bonds is 11. The Morgan fingerprint density at radius 3 is 2.29 bits per heavy atom. The van der Waals surface area contributed by atoms with Crippen molar-refractivity contribution in [2.75, 3.05) is 23.7 Å². The summed E-state index contributed by atoms with van der Waals surface area (Å²) in [6.07, 6.45) is 1.40. The molecule has 0 aliphatic heterocycles. The Morgan fingerprint density at radius 2 is 1.74 bits per heavy atom. The first-order valence-electron chi connectivity index (χ1n) is 11.4. The standard InChI is InChI=1S/C25H33Cl2N3O4S/c1-6-23(25(32)28-14-17(2)3)29(15-19-10-11-21(26)22(27)13-19)24(31)16-30(35(5,33)34)20-9-7-8-18(4)12-20/h7-13,17,23H,6,14-16H2,1-5H3,(H,28,32)/t23-/m0/s1. The third-order valence-electron chi connectivity index (χ3n) is 5.38.